The van der Waals surface area contributed by atoms with Crippen molar-refractivity contribution in [1.82, 2.24) is 25.0 Å². The van der Waals surface area contributed by atoms with Crippen molar-refractivity contribution in [3.05, 3.63) is 59.2 Å². The van der Waals surface area contributed by atoms with Crippen molar-refractivity contribution in [3.8, 4) is 23.0 Å². The van der Waals surface area contributed by atoms with Crippen LogP contribution < -0.4 is 10.2 Å². The second-order valence-electron chi connectivity index (χ2n) is 9.82. The predicted octanol–water partition coefficient (Wildman–Crippen LogP) is 1.54. The molecule has 3 aromatic rings. The molecule has 1 aromatic carbocycles. The number of rotatable bonds is 5. The predicted molar refractivity (Wildman–Crippen MR) is 131 cm³/mol. The molecule has 3 aliphatic rings. The lowest BCUT2D eigenvalue weighted by Crippen LogP contribution is -2.53. The van der Waals surface area contributed by atoms with Gasteiger partial charge in [0.05, 0.1) is 52.9 Å². The highest BCUT2D eigenvalue weighted by Gasteiger charge is 2.46. The monoisotopic (exact) mass is 503 g/mol. The molecule has 2 aromatic heterocycles. The number of nitrogens with one attached hydrogen (secondary N) is 1. The van der Waals surface area contributed by atoms with Gasteiger partial charge in [-0.3, -0.25) is 9.69 Å². The number of aliphatic hydroxyl groups is 2. The van der Waals surface area contributed by atoms with Crippen LogP contribution in [0, 0.1) is 17.1 Å². The van der Waals surface area contributed by atoms with Gasteiger partial charge < -0.3 is 20.4 Å². The van der Waals surface area contributed by atoms with E-state index in [1.807, 2.05) is 15.9 Å². The highest BCUT2D eigenvalue weighted by molar-refractivity contribution is 6.01. The molecule has 0 radical (unpaired) electrons. The maximum atomic E-state index is 14.8. The van der Waals surface area contributed by atoms with Crippen LogP contribution >= 0.6 is 0 Å². The number of fused-ring (bicyclic) bond motifs is 1. The largest absolute Gasteiger partial charge is 0.384 e. The molecule has 0 saturated carbocycles. The summed E-state index contributed by atoms with van der Waals surface area (Å²) in [5, 5.41) is 38.9. The third-order valence-electron chi connectivity index (χ3n) is 7.50. The number of halogens is 1. The molecule has 10 nitrogen and oxygen atoms in total. The average molecular weight is 504 g/mol. The van der Waals surface area contributed by atoms with Crippen LogP contribution in [0.5, 0.6) is 0 Å². The SMILES string of the molecule is N#Cc1cccc(F)c1-c1cc(-n2ccc(N3CCC(O)(C(O)N4CCCC4)C3)n2)c2c(n1)CNC2=O. The van der Waals surface area contributed by atoms with Gasteiger partial charge in [0.15, 0.2) is 5.82 Å². The minimum atomic E-state index is -1.27. The van der Waals surface area contributed by atoms with Gasteiger partial charge in [-0.25, -0.2) is 14.1 Å². The quantitative estimate of drug-likeness (QED) is 0.478. The summed E-state index contributed by atoms with van der Waals surface area (Å²) in [6, 6.07) is 9.61. The van der Waals surface area contributed by atoms with E-state index in [0.29, 0.717) is 35.7 Å². The molecule has 2 fully saturated rings. The Morgan fingerprint density at radius 3 is 2.78 bits per heavy atom. The van der Waals surface area contributed by atoms with Gasteiger partial charge in [-0.15, -0.1) is 0 Å². The fourth-order valence-corrected chi connectivity index (χ4v) is 5.56. The number of nitrogens with zero attached hydrogens (tertiary/aromatic N) is 6. The molecule has 2 unspecified atom stereocenters. The van der Waals surface area contributed by atoms with Crippen molar-refractivity contribution in [1.29, 1.82) is 5.26 Å². The highest BCUT2D eigenvalue weighted by Crippen LogP contribution is 2.34. The van der Waals surface area contributed by atoms with Crippen molar-refractivity contribution in [2.75, 3.05) is 31.1 Å². The lowest BCUT2D eigenvalue weighted by atomic mass is 10.0. The average Bonchev–Trinajstić information content (AvgIpc) is 3.70. The van der Waals surface area contributed by atoms with Crippen molar-refractivity contribution in [2.24, 2.45) is 0 Å². The number of carbonyl (C=O) groups excluding carboxylic acids is 1. The van der Waals surface area contributed by atoms with E-state index in [-0.39, 0.29) is 35.8 Å². The van der Waals surface area contributed by atoms with E-state index in [0.717, 1.165) is 25.9 Å². The summed E-state index contributed by atoms with van der Waals surface area (Å²) in [6.07, 6.45) is 3.18. The molecule has 2 saturated heterocycles. The first-order chi connectivity index (χ1) is 17.9. The van der Waals surface area contributed by atoms with Crippen molar-refractivity contribution >= 4 is 11.7 Å². The van der Waals surface area contributed by atoms with Gasteiger partial charge in [0.25, 0.3) is 5.91 Å². The zero-order valence-electron chi connectivity index (χ0n) is 20.1. The molecule has 1 amide bonds. The molecule has 0 bridgehead atoms. The summed E-state index contributed by atoms with van der Waals surface area (Å²) in [5.41, 5.74) is 0.395. The van der Waals surface area contributed by atoms with E-state index >= 15 is 0 Å². The highest BCUT2D eigenvalue weighted by atomic mass is 19.1. The number of anilines is 1. The summed E-state index contributed by atoms with van der Waals surface area (Å²) in [6.45, 7) is 2.46. The van der Waals surface area contributed by atoms with E-state index < -0.39 is 17.6 Å². The molecule has 3 aliphatic heterocycles. The molecule has 0 aliphatic carbocycles. The number of β-amino-alcohol motifs (C(OH)–C–C–N with tert-alkyl or cyclic N) is 1. The molecule has 190 valence electrons. The van der Waals surface area contributed by atoms with Crippen LogP contribution in [0.15, 0.2) is 36.5 Å². The summed E-state index contributed by atoms with van der Waals surface area (Å²) >= 11 is 0. The Bertz CT molecular complexity index is 1430. The number of benzene rings is 1. The zero-order valence-corrected chi connectivity index (χ0v) is 20.1. The molecule has 37 heavy (non-hydrogen) atoms. The van der Waals surface area contributed by atoms with Crippen LogP contribution in [0.1, 0.15) is 40.9 Å². The van der Waals surface area contributed by atoms with Crippen LogP contribution in [-0.4, -0.2) is 73.8 Å². The molecule has 6 rings (SSSR count). The molecule has 0 spiro atoms. The Hall–Kier alpha value is -3.85. The second kappa shape index (κ2) is 8.92. The minimum absolute atomic E-state index is 0.0706. The second-order valence-corrected chi connectivity index (χ2v) is 9.82. The third-order valence-corrected chi connectivity index (χ3v) is 7.50. The number of likely N-dealkylation sites (tertiary alicyclic amines) is 1. The molecule has 2 atom stereocenters. The van der Waals surface area contributed by atoms with Crippen molar-refractivity contribution in [3.63, 3.8) is 0 Å². The topological polar surface area (TPSA) is 131 Å². The number of aliphatic hydroxyl groups excluding tert-OH is 1. The number of amides is 1. The fraction of sp³-hybridized carbons (Fsp3) is 0.385. The Kier molecular flexibility index (Phi) is 5.67. The maximum absolute atomic E-state index is 14.8. The standard InChI is InChI=1S/C26H26FN7O3/c27-17-5-3-4-16(13-28)22(17)18-12-20(23-19(30-18)14-29-24(23)35)34-10-6-21(31-34)33-11-7-26(37,15-33)25(36)32-8-1-2-9-32/h3-6,10,12,25,36-37H,1-2,7-9,11,14-15H2,(H,29,35). The molecular formula is C26H26FN7O3. The zero-order chi connectivity index (χ0) is 25.7. The maximum Gasteiger partial charge on any atom is 0.255 e. The summed E-state index contributed by atoms with van der Waals surface area (Å²) < 4.78 is 16.3. The number of carbonyl (C=O) groups is 1. The molecule has 5 heterocycles. The lowest BCUT2D eigenvalue weighted by Gasteiger charge is -2.34. The summed E-state index contributed by atoms with van der Waals surface area (Å²) in [4.78, 5) is 21.0. The van der Waals surface area contributed by atoms with Gasteiger partial charge in [-0.1, -0.05) is 6.07 Å². The number of nitriles is 1. The molecule has 3 N–H and O–H groups in total. The van der Waals surface area contributed by atoms with Crippen molar-refractivity contribution in [2.45, 2.75) is 37.6 Å². The van der Waals surface area contributed by atoms with Gasteiger partial charge in [-0.2, -0.15) is 10.4 Å². The van der Waals surface area contributed by atoms with Crippen LogP contribution in [-0.2, 0) is 6.54 Å². The van der Waals surface area contributed by atoms with Gasteiger partial charge >= 0.3 is 0 Å². The van der Waals surface area contributed by atoms with Crippen molar-refractivity contribution < 1.29 is 19.4 Å². The minimum Gasteiger partial charge on any atom is -0.384 e. The Labute approximate surface area is 212 Å². The van der Waals surface area contributed by atoms with Gasteiger partial charge in [0.1, 0.15) is 17.6 Å². The summed E-state index contributed by atoms with van der Waals surface area (Å²) in [5.74, 6) is -0.304. The lowest BCUT2D eigenvalue weighted by molar-refractivity contribution is -0.131. The van der Waals surface area contributed by atoms with Gasteiger partial charge in [-0.05, 0) is 37.5 Å². The third kappa shape index (κ3) is 3.94. The summed E-state index contributed by atoms with van der Waals surface area (Å²) in [7, 11) is 0. The Balaban J connectivity index is 1.35. The van der Waals surface area contributed by atoms with E-state index in [1.54, 1.807) is 18.3 Å². The first kappa shape index (κ1) is 23.5. The molecular weight excluding hydrogens is 477 g/mol. The van der Waals surface area contributed by atoms with Gasteiger partial charge in [0, 0.05) is 31.9 Å². The normalized spacial score (nSPS) is 22.2. The Morgan fingerprint density at radius 2 is 2.00 bits per heavy atom. The smallest absolute Gasteiger partial charge is 0.255 e. The van der Waals surface area contributed by atoms with Crippen LogP contribution in [0.25, 0.3) is 16.9 Å². The van der Waals surface area contributed by atoms with E-state index in [9.17, 15) is 24.7 Å². The van der Waals surface area contributed by atoms with Gasteiger partial charge in [0.2, 0.25) is 0 Å². The number of aromatic nitrogens is 3. The first-order valence-corrected chi connectivity index (χ1v) is 12.3. The van der Waals surface area contributed by atoms with Crippen LogP contribution in [0.3, 0.4) is 0 Å². The van der Waals surface area contributed by atoms with Crippen LogP contribution in [0.4, 0.5) is 10.2 Å². The fourth-order valence-electron chi connectivity index (χ4n) is 5.56. The number of hydrogen-bond acceptors (Lipinski definition) is 8. The van der Waals surface area contributed by atoms with Crippen LogP contribution in [0.2, 0.25) is 0 Å². The first-order valence-electron chi connectivity index (χ1n) is 12.3. The van der Waals surface area contributed by atoms with E-state index in [2.05, 4.69) is 15.4 Å². The number of pyridine rings is 1. The number of hydrogen-bond donors (Lipinski definition) is 3. The van der Waals surface area contributed by atoms with E-state index in [4.69, 9.17) is 0 Å². The molecule has 11 heteroatoms. The Morgan fingerprint density at radius 1 is 1.19 bits per heavy atom. The van der Waals surface area contributed by atoms with E-state index in [1.165, 1.54) is 22.9 Å².